The van der Waals surface area contributed by atoms with E-state index in [9.17, 15) is 4.79 Å². The van der Waals surface area contributed by atoms with Crippen molar-refractivity contribution in [2.75, 3.05) is 19.5 Å². The van der Waals surface area contributed by atoms with Gasteiger partial charge in [0, 0.05) is 20.0 Å². The predicted molar refractivity (Wildman–Crippen MR) is 51.0 cm³/mol. The molecule has 0 radical (unpaired) electrons. The van der Waals surface area contributed by atoms with Crippen molar-refractivity contribution in [1.82, 2.24) is 4.90 Å². The van der Waals surface area contributed by atoms with Gasteiger partial charge in [0.25, 0.3) is 0 Å². The molecule has 0 aliphatic carbocycles. The molecule has 0 aliphatic heterocycles. The Morgan fingerprint density at radius 2 is 2.25 bits per heavy atom. The van der Waals surface area contributed by atoms with Crippen molar-refractivity contribution < 1.29 is 4.79 Å². The number of unbranched alkanes of at least 4 members (excludes halogenated alkanes) is 2. The van der Waals surface area contributed by atoms with E-state index in [1.165, 1.54) is 0 Å². The molecule has 0 aromatic rings. The Morgan fingerprint density at radius 3 is 2.75 bits per heavy atom. The van der Waals surface area contributed by atoms with E-state index < -0.39 is 0 Å². The highest BCUT2D eigenvalue weighted by molar-refractivity contribution is 6.27. The van der Waals surface area contributed by atoms with Crippen LogP contribution >= 0.6 is 11.6 Å². The van der Waals surface area contributed by atoms with Crippen molar-refractivity contribution in [2.45, 2.75) is 19.3 Å². The normalized spacial score (nSPS) is 9.08. The largest absolute Gasteiger partial charge is 0.345 e. The van der Waals surface area contributed by atoms with Crippen LogP contribution in [-0.4, -0.2) is 30.3 Å². The van der Waals surface area contributed by atoms with Crippen LogP contribution in [0.4, 0.5) is 0 Å². The van der Waals surface area contributed by atoms with Crippen LogP contribution in [-0.2, 0) is 4.79 Å². The van der Waals surface area contributed by atoms with Gasteiger partial charge in [0.2, 0.25) is 5.91 Å². The monoisotopic (exact) mass is 187 g/mol. The van der Waals surface area contributed by atoms with Crippen LogP contribution in [0.15, 0.2) is 0 Å². The number of terminal acetylenes is 1. The lowest BCUT2D eigenvalue weighted by molar-refractivity contribution is -0.127. The number of hydrogen-bond donors (Lipinski definition) is 0. The van der Waals surface area contributed by atoms with Crippen molar-refractivity contribution >= 4 is 17.5 Å². The zero-order valence-corrected chi connectivity index (χ0v) is 8.10. The van der Waals surface area contributed by atoms with Crippen LogP contribution in [0.25, 0.3) is 0 Å². The first-order valence-electron chi connectivity index (χ1n) is 3.95. The maximum Gasteiger partial charge on any atom is 0.237 e. The molecule has 1 amide bonds. The minimum absolute atomic E-state index is 0.0302. The minimum atomic E-state index is -0.0302. The summed E-state index contributed by atoms with van der Waals surface area (Å²) in [4.78, 5) is 12.6. The Balaban J connectivity index is 3.38. The summed E-state index contributed by atoms with van der Waals surface area (Å²) in [5, 5.41) is 0. The van der Waals surface area contributed by atoms with Gasteiger partial charge < -0.3 is 4.90 Å². The van der Waals surface area contributed by atoms with Gasteiger partial charge in [-0.05, 0) is 12.8 Å². The maximum atomic E-state index is 10.9. The van der Waals surface area contributed by atoms with Crippen LogP contribution < -0.4 is 0 Å². The maximum absolute atomic E-state index is 10.9. The number of amides is 1. The molecule has 0 aromatic heterocycles. The third-order valence-corrected chi connectivity index (χ3v) is 1.83. The molecule has 0 aromatic carbocycles. The van der Waals surface area contributed by atoms with E-state index in [0.29, 0.717) is 0 Å². The molecule has 0 atom stereocenters. The van der Waals surface area contributed by atoms with E-state index in [2.05, 4.69) is 5.92 Å². The van der Waals surface area contributed by atoms with Crippen molar-refractivity contribution in [2.24, 2.45) is 0 Å². The molecule has 0 saturated carbocycles. The quantitative estimate of drug-likeness (QED) is 0.363. The second-order valence-electron chi connectivity index (χ2n) is 2.61. The van der Waals surface area contributed by atoms with E-state index in [-0.39, 0.29) is 11.8 Å². The highest BCUT2D eigenvalue weighted by Gasteiger charge is 2.04. The summed E-state index contributed by atoms with van der Waals surface area (Å²) in [6.45, 7) is 0.743. The highest BCUT2D eigenvalue weighted by Crippen LogP contribution is 1.97. The fourth-order valence-electron chi connectivity index (χ4n) is 0.803. The Labute approximate surface area is 78.9 Å². The second-order valence-corrected chi connectivity index (χ2v) is 2.88. The predicted octanol–water partition coefficient (Wildman–Crippen LogP) is 1.49. The lowest BCUT2D eigenvalue weighted by atomic mass is 10.2. The molecular weight excluding hydrogens is 174 g/mol. The van der Waals surface area contributed by atoms with Crippen molar-refractivity contribution in [3.8, 4) is 12.3 Å². The molecule has 12 heavy (non-hydrogen) atoms. The molecule has 0 saturated heterocycles. The first-order chi connectivity index (χ1) is 5.72. The van der Waals surface area contributed by atoms with Gasteiger partial charge in [0.15, 0.2) is 0 Å². The summed E-state index contributed by atoms with van der Waals surface area (Å²) in [6, 6.07) is 0. The average Bonchev–Trinajstić information content (AvgIpc) is 2.10. The summed E-state index contributed by atoms with van der Waals surface area (Å²) in [5.74, 6) is 2.59. The molecule has 0 rings (SSSR count). The van der Waals surface area contributed by atoms with Crippen LogP contribution in [0.3, 0.4) is 0 Å². The lowest BCUT2D eigenvalue weighted by Gasteiger charge is -2.14. The van der Waals surface area contributed by atoms with Gasteiger partial charge >= 0.3 is 0 Å². The minimum Gasteiger partial charge on any atom is -0.345 e. The summed E-state index contributed by atoms with van der Waals surface area (Å²) < 4.78 is 0. The summed E-state index contributed by atoms with van der Waals surface area (Å²) in [6.07, 6.45) is 7.78. The molecule has 0 spiro atoms. The van der Waals surface area contributed by atoms with Gasteiger partial charge in [-0.25, -0.2) is 0 Å². The molecule has 3 heteroatoms. The molecule has 2 nitrogen and oxygen atoms in total. The van der Waals surface area contributed by atoms with Gasteiger partial charge in [0.05, 0.1) is 0 Å². The third kappa shape index (κ3) is 5.03. The first-order valence-corrected chi connectivity index (χ1v) is 4.49. The SMILES string of the molecule is C#CCCCCN(C)C(=O)CCl. The number of carbonyl (C=O) groups excluding carboxylic acids is 1. The molecular formula is C9H14ClNO. The summed E-state index contributed by atoms with van der Waals surface area (Å²) in [5.41, 5.74) is 0. The standard InChI is InChI=1S/C9H14ClNO/c1-3-4-5-6-7-11(2)9(12)8-10/h1H,4-8H2,2H3. The number of nitrogens with zero attached hydrogens (tertiary/aromatic N) is 1. The molecule has 0 bridgehead atoms. The fraction of sp³-hybridized carbons (Fsp3) is 0.667. The van der Waals surface area contributed by atoms with E-state index in [1.807, 2.05) is 0 Å². The zero-order chi connectivity index (χ0) is 9.40. The smallest absolute Gasteiger partial charge is 0.237 e. The number of halogens is 1. The van der Waals surface area contributed by atoms with E-state index in [4.69, 9.17) is 18.0 Å². The summed E-state index contributed by atoms with van der Waals surface area (Å²) >= 11 is 5.36. The highest BCUT2D eigenvalue weighted by atomic mass is 35.5. The fourth-order valence-corrected chi connectivity index (χ4v) is 1.01. The number of hydrogen-bond acceptors (Lipinski definition) is 1. The molecule has 0 N–H and O–H groups in total. The molecule has 68 valence electrons. The number of alkyl halides is 1. The van der Waals surface area contributed by atoms with Crippen LogP contribution in [0, 0.1) is 12.3 Å². The van der Waals surface area contributed by atoms with Gasteiger partial charge in [0.1, 0.15) is 5.88 Å². The van der Waals surface area contributed by atoms with Crippen molar-refractivity contribution in [3.05, 3.63) is 0 Å². The Hall–Kier alpha value is -0.680. The number of carbonyl (C=O) groups is 1. The molecule has 0 aliphatic rings. The van der Waals surface area contributed by atoms with Gasteiger partial charge in [-0.2, -0.15) is 0 Å². The summed E-state index contributed by atoms with van der Waals surface area (Å²) in [7, 11) is 1.75. The van der Waals surface area contributed by atoms with E-state index >= 15 is 0 Å². The Kier molecular flexibility index (Phi) is 6.60. The van der Waals surface area contributed by atoms with Crippen LogP contribution in [0.1, 0.15) is 19.3 Å². The van der Waals surface area contributed by atoms with Crippen LogP contribution in [0.5, 0.6) is 0 Å². The first kappa shape index (κ1) is 11.3. The van der Waals surface area contributed by atoms with Gasteiger partial charge in [-0.3, -0.25) is 4.79 Å². The van der Waals surface area contributed by atoms with Gasteiger partial charge in [-0.1, -0.05) is 0 Å². The Bertz CT molecular complexity index is 174. The molecule has 0 unspecified atom stereocenters. The zero-order valence-electron chi connectivity index (χ0n) is 7.35. The number of rotatable bonds is 5. The van der Waals surface area contributed by atoms with E-state index in [1.54, 1.807) is 11.9 Å². The second kappa shape index (κ2) is 7.00. The lowest BCUT2D eigenvalue weighted by Crippen LogP contribution is -2.28. The van der Waals surface area contributed by atoms with Crippen molar-refractivity contribution in [3.63, 3.8) is 0 Å². The van der Waals surface area contributed by atoms with Crippen molar-refractivity contribution in [1.29, 1.82) is 0 Å². The molecule has 0 fully saturated rings. The molecule has 0 heterocycles. The average molecular weight is 188 g/mol. The third-order valence-electron chi connectivity index (χ3n) is 1.60. The van der Waals surface area contributed by atoms with Gasteiger partial charge in [-0.15, -0.1) is 23.9 Å². The van der Waals surface area contributed by atoms with Crippen LogP contribution in [0.2, 0.25) is 0 Å². The Morgan fingerprint density at radius 1 is 1.58 bits per heavy atom. The topological polar surface area (TPSA) is 20.3 Å². The van der Waals surface area contributed by atoms with E-state index in [0.717, 1.165) is 25.8 Å².